The summed E-state index contributed by atoms with van der Waals surface area (Å²) in [5.41, 5.74) is 1.10. The Balaban J connectivity index is 1.56. The Hall–Kier alpha value is -2.20. The van der Waals surface area contributed by atoms with Gasteiger partial charge in [0.15, 0.2) is 0 Å². The molecule has 1 amide bonds. The maximum Gasteiger partial charge on any atom is 0.246 e. The number of hydrogen-bond donors (Lipinski definition) is 0. The number of carbonyl (C=O) groups is 1. The molecule has 0 aliphatic carbocycles. The van der Waals surface area contributed by atoms with Crippen molar-refractivity contribution in [3.63, 3.8) is 0 Å². The van der Waals surface area contributed by atoms with E-state index in [2.05, 4.69) is 4.90 Å². The van der Waals surface area contributed by atoms with Crippen LogP contribution in [0.15, 0.2) is 53.2 Å². The number of benzene rings is 1. The summed E-state index contributed by atoms with van der Waals surface area (Å²) in [6, 6.07) is 11.4. The lowest BCUT2D eigenvalue weighted by molar-refractivity contribution is -0.126. The molecule has 0 atom stereocenters. The van der Waals surface area contributed by atoms with Crippen LogP contribution in [-0.2, 0) is 4.79 Å². The van der Waals surface area contributed by atoms with E-state index in [1.165, 1.54) is 0 Å². The van der Waals surface area contributed by atoms with Gasteiger partial charge < -0.3 is 14.2 Å². The molecule has 0 unspecified atom stereocenters. The fraction of sp³-hybridized carbons (Fsp3) is 0.235. The van der Waals surface area contributed by atoms with Gasteiger partial charge in [-0.1, -0.05) is 17.7 Å². The van der Waals surface area contributed by atoms with E-state index in [0.717, 1.165) is 23.8 Å². The predicted octanol–water partition coefficient (Wildman–Crippen LogP) is 3.30. The smallest absolute Gasteiger partial charge is 0.246 e. The van der Waals surface area contributed by atoms with Gasteiger partial charge in [0.2, 0.25) is 5.91 Å². The number of furan rings is 1. The molecule has 0 bridgehead atoms. The summed E-state index contributed by atoms with van der Waals surface area (Å²) in [6.07, 6.45) is 4.85. The molecule has 1 fully saturated rings. The summed E-state index contributed by atoms with van der Waals surface area (Å²) in [7, 11) is 0. The maximum atomic E-state index is 12.1. The van der Waals surface area contributed by atoms with Crippen molar-refractivity contribution in [3.05, 3.63) is 59.5 Å². The molecule has 1 saturated heterocycles. The van der Waals surface area contributed by atoms with Gasteiger partial charge >= 0.3 is 0 Å². The van der Waals surface area contributed by atoms with Crippen LogP contribution in [0.25, 0.3) is 6.08 Å². The molecule has 0 N–H and O–H groups in total. The minimum Gasteiger partial charge on any atom is -0.465 e. The number of amides is 1. The molecule has 0 radical (unpaired) electrons. The third-order valence-electron chi connectivity index (χ3n) is 3.70. The van der Waals surface area contributed by atoms with E-state index < -0.39 is 0 Å². The van der Waals surface area contributed by atoms with Crippen molar-refractivity contribution in [2.75, 3.05) is 31.1 Å². The Kier molecular flexibility index (Phi) is 4.49. The Bertz CT molecular complexity index is 659. The lowest BCUT2D eigenvalue weighted by Crippen LogP contribution is -2.48. The molecule has 3 rings (SSSR count). The molecule has 0 saturated carbocycles. The minimum atomic E-state index is 0.0159. The average molecular weight is 317 g/mol. The van der Waals surface area contributed by atoms with Crippen LogP contribution in [0.3, 0.4) is 0 Å². The molecule has 5 heteroatoms. The van der Waals surface area contributed by atoms with Gasteiger partial charge in [-0.3, -0.25) is 4.79 Å². The van der Waals surface area contributed by atoms with Crippen molar-refractivity contribution >= 4 is 29.3 Å². The molecule has 1 aliphatic heterocycles. The number of piperazine rings is 1. The maximum absolute atomic E-state index is 12.1. The summed E-state index contributed by atoms with van der Waals surface area (Å²) >= 11 is 6.02. The third-order valence-corrected chi connectivity index (χ3v) is 3.93. The summed E-state index contributed by atoms with van der Waals surface area (Å²) in [4.78, 5) is 16.2. The second-order valence-electron chi connectivity index (χ2n) is 5.14. The fourth-order valence-electron chi connectivity index (χ4n) is 2.50. The third kappa shape index (κ3) is 3.52. The van der Waals surface area contributed by atoms with Crippen LogP contribution < -0.4 is 4.90 Å². The van der Waals surface area contributed by atoms with E-state index in [-0.39, 0.29) is 5.91 Å². The van der Waals surface area contributed by atoms with Gasteiger partial charge in [-0.25, -0.2) is 0 Å². The Morgan fingerprint density at radius 2 is 1.95 bits per heavy atom. The molecule has 1 aromatic heterocycles. The molecule has 114 valence electrons. The zero-order chi connectivity index (χ0) is 15.4. The van der Waals surface area contributed by atoms with Crippen LogP contribution in [0.4, 0.5) is 5.69 Å². The van der Waals surface area contributed by atoms with E-state index in [1.54, 1.807) is 24.5 Å². The van der Waals surface area contributed by atoms with Crippen LogP contribution in [0, 0.1) is 0 Å². The minimum absolute atomic E-state index is 0.0159. The average Bonchev–Trinajstić information content (AvgIpc) is 3.06. The first-order chi connectivity index (χ1) is 10.7. The fourth-order valence-corrected chi connectivity index (χ4v) is 2.69. The van der Waals surface area contributed by atoms with Gasteiger partial charge in [0.25, 0.3) is 0 Å². The van der Waals surface area contributed by atoms with Gasteiger partial charge in [-0.2, -0.15) is 0 Å². The highest BCUT2D eigenvalue weighted by Gasteiger charge is 2.19. The van der Waals surface area contributed by atoms with Crippen molar-refractivity contribution < 1.29 is 9.21 Å². The van der Waals surface area contributed by atoms with Crippen molar-refractivity contribution in [1.82, 2.24) is 4.90 Å². The van der Waals surface area contributed by atoms with Crippen molar-refractivity contribution in [1.29, 1.82) is 0 Å². The molecular formula is C17H17ClN2O2. The Labute approximate surface area is 134 Å². The number of halogens is 1. The van der Waals surface area contributed by atoms with Crippen molar-refractivity contribution in [2.24, 2.45) is 0 Å². The molecule has 2 aromatic rings. The summed E-state index contributed by atoms with van der Waals surface area (Å²) in [5, 5.41) is 0.734. The lowest BCUT2D eigenvalue weighted by Gasteiger charge is -2.35. The van der Waals surface area contributed by atoms with E-state index >= 15 is 0 Å². The molecule has 0 spiro atoms. The summed E-state index contributed by atoms with van der Waals surface area (Å²) in [5.74, 6) is 0.702. The zero-order valence-corrected chi connectivity index (χ0v) is 12.9. The molecule has 1 aliphatic rings. The van der Waals surface area contributed by atoms with Gasteiger partial charge in [-0.15, -0.1) is 0 Å². The monoisotopic (exact) mass is 316 g/mol. The van der Waals surface area contributed by atoms with Gasteiger partial charge in [0.1, 0.15) is 5.76 Å². The number of rotatable bonds is 3. The molecule has 4 nitrogen and oxygen atoms in total. The van der Waals surface area contributed by atoms with E-state index in [9.17, 15) is 4.79 Å². The van der Waals surface area contributed by atoms with Gasteiger partial charge in [0.05, 0.1) is 6.26 Å². The molecular weight excluding hydrogens is 300 g/mol. The van der Waals surface area contributed by atoms with Gasteiger partial charge in [-0.05, 0) is 36.4 Å². The quantitative estimate of drug-likeness (QED) is 0.815. The van der Waals surface area contributed by atoms with Gasteiger partial charge in [0, 0.05) is 43.0 Å². The van der Waals surface area contributed by atoms with Crippen LogP contribution in [0.5, 0.6) is 0 Å². The second-order valence-corrected chi connectivity index (χ2v) is 5.58. The first-order valence-corrected chi connectivity index (χ1v) is 7.61. The number of hydrogen-bond acceptors (Lipinski definition) is 3. The normalized spacial score (nSPS) is 15.5. The topological polar surface area (TPSA) is 36.7 Å². The summed E-state index contributed by atoms with van der Waals surface area (Å²) in [6.45, 7) is 3.02. The molecule has 1 aromatic carbocycles. The molecule has 22 heavy (non-hydrogen) atoms. The summed E-state index contributed by atoms with van der Waals surface area (Å²) < 4.78 is 5.18. The molecule has 2 heterocycles. The highest BCUT2D eigenvalue weighted by atomic mass is 35.5. The predicted molar refractivity (Wildman–Crippen MR) is 88.0 cm³/mol. The van der Waals surface area contributed by atoms with E-state index in [4.69, 9.17) is 16.0 Å². The van der Waals surface area contributed by atoms with Crippen molar-refractivity contribution in [3.8, 4) is 0 Å². The zero-order valence-electron chi connectivity index (χ0n) is 12.1. The van der Waals surface area contributed by atoms with Crippen LogP contribution in [0.1, 0.15) is 5.76 Å². The number of nitrogens with zero attached hydrogens (tertiary/aromatic N) is 2. The first-order valence-electron chi connectivity index (χ1n) is 7.23. The largest absolute Gasteiger partial charge is 0.465 e. The van der Waals surface area contributed by atoms with Crippen LogP contribution in [-0.4, -0.2) is 37.0 Å². The van der Waals surface area contributed by atoms with Crippen molar-refractivity contribution in [2.45, 2.75) is 0 Å². The SMILES string of the molecule is O=C(/C=C\c1ccco1)N1CCN(c2cccc(Cl)c2)CC1. The van der Waals surface area contributed by atoms with Crippen LogP contribution >= 0.6 is 11.6 Å². The first kappa shape index (κ1) is 14.7. The van der Waals surface area contributed by atoms with E-state index in [1.807, 2.05) is 35.2 Å². The highest BCUT2D eigenvalue weighted by molar-refractivity contribution is 6.30. The van der Waals surface area contributed by atoms with Crippen LogP contribution in [0.2, 0.25) is 5.02 Å². The van der Waals surface area contributed by atoms with E-state index in [0.29, 0.717) is 18.8 Å². The number of anilines is 1. The Morgan fingerprint density at radius 1 is 1.14 bits per heavy atom. The standard InChI is InChI=1S/C17H17ClN2O2/c18-14-3-1-4-15(13-14)19-8-10-20(11-9-19)17(21)7-6-16-5-2-12-22-16/h1-7,12-13H,8-11H2/b7-6-. The second kappa shape index (κ2) is 6.71. The number of carbonyl (C=O) groups excluding carboxylic acids is 1. The lowest BCUT2D eigenvalue weighted by atomic mass is 10.2. The Morgan fingerprint density at radius 3 is 2.64 bits per heavy atom. The highest BCUT2D eigenvalue weighted by Crippen LogP contribution is 2.20.